The summed E-state index contributed by atoms with van der Waals surface area (Å²) in [4.78, 5) is 17.0. The first kappa shape index (κ1) is 18.0. The zero-order chi connectivity index (χ0) is 18.7. The zero-order valence-corrected chi connectivity index (χ0v) is 14.3. The highest BCUT2D eigenvalue weighted by Crippen LogP contribution is 2.25. The van der Waals surface area contributed by atoms with Gasteiger partial charge in [-0.25, -0.2) is 4.98 Å². The number of carbonyl (C=O) groups is 1. The van der Waals surface area contributed by atoms with Gasteiger partial charge in [-0.15, -0.1) is 24.5 Å². The number of aryl methyl sites for hydroxylation is 1. The number of carbonyl (C=O) groups excluding carboxylic acids is 1. The van der Waals surface area contributed by atoms with Crippen LogP contribution in [0, 0.1) is 6.92 Å². The maximum absolute atomic E-state index is 12.1. The van der Waals surface area contributed by atoms with E-state index < -0.39 is 12.3 Å². The molecule has 26 heavy (non-hydrogen) atoms. The fourth-order valence-corrected chi connectivity index (χ4v) is 3.01. The summed E-state index contributed by atoms with van der Waals surface area (Å²) in [5, 5.41) is 3.06. The van der Waals surface area contributed by atoms with Gasteiger partial charge in [-0.3, -0.25) is 10.1 Å². The molecule has 0 fully saturated rings. The molecule has 9 heteroatoms. The molecule has 0 radical (unpaired) electrons. The minimum absolute atomic E-state index is 0.194. The van der Waals surface area contributed by atoms with Gasteiger partial charge < -0.3 is 9.15 Å². The Balaban J connectivity index is 1.60. The van der Waals surface area contributed by atoms with Crippen LogP contribution in [0.25, 0.3) is 0 Å². The van der Waals surface area contributed by atoms with E-state index in [-0.39, 0.29) is 11.5 Å². The predicted molar refractivity (Wildman–Crippen MR) is 89.4 cm³/mol. The van der Waals surface area contributed by atoms with Crippen LogP contribution in [-0.4, -0.2) is 17.3 Å². The first-order valence-corrected chi connectivity index (χ1v) is 8.27. The predicted octanol–water partition coefficient (Wildman–Crippen LogP) is 4.79. The highest BCUT2D eigenvalue weighted by Gasteiger charge is 2.30. The van der Waals surface area contributed by atoms with Gasteiger partial charge in [0.2, 0.25) is 0 Å². The van der Waals surface area contributed by atoms with Gasteiger partial charge in [-0.1, -0.05) is 12.1 Å². The second-order valence-electron chi connectivity index (χ2n) is 5.36. The Morgan fingerprint density at radius 2 is 1.96 bits per heavy atom. The number of aromatic nitrogens is 1. The monoisotopic (exact) mass is 382 g/mol. The summed E-state index contributed by atoms with van der Waals surface area (Å²) >= 11 is 1.28. The summed E-state index contributed by atoms with van der Waals surface area (Å²) in [6.45, 7) is 1.74. The summed E-state index contributed by atoms with van der Waals surface area (Å²) in [6, 6.07) is 8.87. The molecular weight excluding hydrogens is 369 g/mol. The lowest BCUT2D eigenvalue weighted by Gasteiger charge is -2.08. The van der Waals surface area contributed by atoms with Crippen LogP contribution in [0.3, 0.4) is 0 Å². The van der Waals surface area contributed by atoms with Crippen molar-refractivity contribution in [3.05, 3.63) is 64.6 Å². The molecule has 0 saturated carbocycles. The molecule has 0 aliphatic rings. The number of amides is 1. The Morgan fingerprint density at radius 3 is 2.58 bits per heavy atom. The van der Waals surface area contributed by atoms with Gasteiger partial charge in [-0.05, 0) is 36.8 Å². The third kappa shape index (κ3) is 4.85. The van der Waals surface area contributed by atoms with Crippen molar-refractivity contribution < 1.29 is 27.1 Å². The van der Waals surface area contributed by atoms with Crippen molar-refractivity contribution in [1.82, 2.24) is 4.98 Å². The number of rotatable bonds is 5. The molecule has 3 aromatic rings. The Labute approximate surface area is 150 Å². The Kier molecular flexibility index (Phi) is 4.99. The third-order valence-electron chi connectivity index (χ3n) is 3.27. The van der Waals surface area contributed by atoms with Gasteiger partial charge in [-0.2, -0.15) is 0 Å². The van der Waals surface area contributed by atoms with Crippen LogP contribution < -0.4 is 10.1 Å². The summed E-state index contributed by atoms with van der Waals surface area (Å²) < 4.78 is 45.5. The zero-order valence-electron chi connectivity index (χ0n) is 13.5. The number of nitrogens with one attached hydrogen (secondary N) is 1. The number of ether oxygens (including phenoxy) is 1. The van der Waals surface area contributed by atoms with Crippen LogP contribution in [-0.2, 0) is 6.42 Å². The van der Waals surface area contributed by atoms with Crippen molar-refractivity contribution in [2.75, 3.05) is 5.32 Å². The molecule has 3 rings (SSSR count). The standard InChI is InChI=1S/C17H13F3N2O3S/c1-10-2-7-14(24-10)15(23)22-16-21-9-13(26-16)8-11-3-5-12(6-4-11)25-17(18,19)20/h2-7,9H,8H2,1H3,(H,21,22,23). The van der Waals surface area contributed by atoms with Crippen molar-refractivity contribution in [2.24, 2.45) is 0 Å². The van der Waals surface area contributed by atoms with Crippen molar-refractivity contribution in [3.63, 3.8) is 0 Å². The molecule has 0 aliphatic heterocycles. The maximum Gasteiger partial charge on any atom is 0.573 e. The van der Waals surface area contributed by atoms with Crippen molar-refractivity contribution >= 4 is 22.4 Å². The van der Waals surface area contributed by atoms with E-state index in [9.17, 15) is 18.0 Å². The number of halogens is 3. The minimum Gasteiger partial charge on any atom is -0.456 e. The number of nitrogens with zero attached hydrogens (tertiary/aromatic N) is 1. The van der Waals surface area contributed by atoms with Gasteiger partial charge in [0, 0.05) is 17.5 Å². The van der Waals surface area contributed by atoms with E-state index in [4.69, 9.17) is 4.42 Å². The highest BCUT2D eigenvalue weighted by molar-refractivity contribution is 7.15. The van der Waals surface area contributed by atoms with Gasteiger partial charge in [0.25, 0.3) is 5.91 Å². The minimum atomic E-state index is -4.71. The van der Waals surface area contributed by atoms with Gasteiger partial charge in [0.15, 0.2) is 10.9 Å². The quantitative estimate of drug-likeness (QED) is 0.689. The molecule has 136 valence electrons. The largest absolute Gasteiger partial charge is 0.573 e. The van der Waals surface area contributed by atoms with Crippen molar-refractivity contribution in [3.8, 4) is 5.75 Å². The topological polar surface area (TPSA) is 64.4 Å². The van der Waals surface area contributed by atoms with Gasteiger partial charge in [0.05, 0.1) is 0 Å². The molecule has 0 unspecified atom stereocenters. The van der Waals surface area contributed by atoms with Crippen LogP contribution in [0.4, 0.5) is 18.3 Å². The highest BCUT2D eigenvalue weighted by atomic mass is 32.1. The third-order valence-corrected chi connectivity index (χ3v) is 4.19. The van der Waals surface area contributed by atoms with E-state index in [0.717, 1.165) is 10.4 Å². The fraction of sp³-hybridized carbons (Fsp3) is 0.176. The first-order valence-electron chi connectivity index (χ1n) is 7.46. The van der Waals surface area contributed by atoms with E-state index >= 15 is 0 Å². The van der Waals surface area contributed by atoms with E-state index in [0.29, 0.717) is 17.3 Å². The van der Waals surface area contributed by atoms with E-state index in [1.54, 1.807) is 37.4 Å². The number of anilines is 1. The molecule has 5 nitrogen and oxygen atoms in total. The molecule has 0 atom stereocenters. The molecule has 1 amide bonds. The number of benzene rings is 1. The summed E-state index contributed by atoms with van der Waals surface area (Å²) in [7, 11) is 0. The molecule has 2 aromatic heterocycles. The lowest BCUT2D eigenvalue weighted by Crippen LogP contribution is -2.17. The fourth-order valence-electron chi connectivity index (χ4n) is 2.17. The van der Waals surface area contributed by atoms with Crippen molar-refractivity contribution in [2.45, 2.75) is 19.7 Å². The van der Waals surface area contributed by atoms with Crippen LogP contribution >= 0.6 is 11.3 Å². The molecule has 1 N–H and O–H groups in total. The van der Waals surface area contributed by atoms with Crippen LogP contribution in [0.1, 0.15) is 26.8 Å². The first-order chi connectivity index (χ1) is 12.3. The number of alkyl halides is 3. The Bertz CT molecular complexity index is 901. The molecule has 0 bridgehead atoms. The van der Waals surface area contributed by atoms with Gasteiger partial charge >= 0.3 is 6.36 Å². The summed E-state index contributed by atoms with van der Waals surface area (Å²) in [5.41, 5.74) is 0.794. The number of furan rings is 1. The van der Waals surface area contributed by atoms with Gasteiger partial charge in [0.1, 0.15) is 11.5 Å². The molecule has 0 spiro atoms. The van der Waals surface area contributed by atoms with Crippen molar-refractivity contribution in [1.29, 1.82) is 0 Å². The Morgan fingerprint density at radius 1 is 1.23 bits per heavy atom. The van der Waals surface area contributed by atoms with E-state index in [1.807, 2.05) is 0 Å². The van der Waals surface area contributed by atoms with Crippen LogP contribution in [0.15, 0.2) is 47.0 Å². The normalized spacial score (nSPS) is 11.4. The molecule has 2 heterocycles. The lowest BCUT2D eigenvalue weighted by atomic mass is 10.1. The Hall–Kier alpha value is -2.81. The lowest BCUT2D eigenvalue weighted by molar-refractivity contribution is -0.274. The number of thiazole rings is 1. The molecular formula is C17H13F3N2O3S. The number of hydrogen-bond donors (Lipinski definition) is 1. The van der Waals surface area contributed by atoms with E-state index in [1.165, 1.54) is 23.5 Å². The average molecular weight is 382 g/mol. The smallest absolute Gasteiger partial charge is 0.456 e. The molecule has 0 saturated heterocycles. The van der Waals surface area contributed by atoms with Crippen LogP contribution in [0.5, 0.6) is 5.75 Å². The van der Waals surface area contributed by atoms with E-state index in [2.05, 4.69) is 15.0 Å². The average Bonchev–Trinajstić information content (AvgIpc) is 3.17. The number of hydrogen-bond acceptors (Lipinski definition) is 5. The second kappa shape index (κ2) is 7.20. The SMILES string of the molecule is Cc1ccc(C(=O)Nc2ncc(Cc3ccc(OC(F)(F)F)cc3)s2)o1. The summed E-state index contributed by atoms with van der Waals surface area (Å²) in [6.07, 6.45) is -2.63. The van der Waals surface area contributed by atoms with Crippen LogP contribution in [0.2, 0.25) is 0 Å². The molecule has 0 aliphatic carbocycles. The summed E-state index contributed by atoms with van der Waals surface area (Å²) in [5.74, 6) is 0.160. The maximum atomic E-state index is 12.1. The second-order valence-corrected chi connectivity index (χ2v) is 6.48. The molecule has 1 aromatic carbocycles.